The zero-order chi connectivity index (χ0) is 14.0. The maximum Gasteiger partial charge on any atom is 0.312 e. The lowest BCUT2D eigenvalue weighted by Gasteiger charge is -2.31. The molecule has 0 aromatic heterocycles. The second-order valence-electron chi connectivity index (χ2n) is 7.57. The zero-order valence-corrected chi connectivity index (χ0v) is 12.4. The van der Waals surface area contributed by atoms with Gasteiger partial charge in [-0.15, -0.1) is 0 Å². The summed E-state index contributed by atoms with van der Waals surface area (Å²) >= 11 is 0. The molecule has 0 aromatic rings. The largest absolute Gasteiger partial charge is 0.465 e. The second kappa shape index (κ2) is 3.98. The quantitative estimate of drug-likeness (QED) is 0.589. The average molecular weight is 280 g/mol. The molecule has 4 rings (SSSR count). The molecular formula is C16H24O4. The van der Waals surface area contributed by atoms with E-state index in [2.05, 4.69) is 6.92 Å². The predicted octanol–water partition coefficient (Wildman–Crippen LogP) is 3.00. The summed E-state index contributed by atoms with van der Waals surface area (Å²) in [6.07, 6.45) is 7.38. The summed E-state index contributed by atoms with van der Waals surface area (Å²) in [5.41, 5.74) is -0.422. The fourth-order valence-corrected chi connectivity index (χ4v) is 4.20. The molecule has 2 aliphatic carbocycles. The number of hydrogen-bond donors (Lipinski definition) is 0. The molecule has 2 saturated heterocycles. The first-order chi connectivity index (χ1) is 9.49. The first-order valence-electron chi connectivity index (χ1n) is 8.06. The van der Waals surface area contributed by atoms with Crippen LogP contribution in [0.15, 0.2) is 0 Å². The van der Waals surface area contributed by atoms with Gasteiger partial charge in [-0.1, -0.05) is 26.2 Å². The summed E-state index contributed by atoms with van der Waals surface area (Å²) in [7, 11) is 0. The summed E-state index contributed by atoms with van der Waals surface area (Å²) in [5.74, 6) is 0.484. The van der Waals surface area contributed by atoms with Crippen LogP contribution in [0.2, 0.25) is 0 Å². The Hall–Kier alpha value is -0.610. The van der Waals surface area contributed by atoms with Gasteiger partial charge < -0.3 is 14.2 Å². The van der Waals surface area contributed by atoms with Crippen molar-refractivity contribution in [3.05, 3.63) is 0 Å². The van der Waals surface area contributed by atoms with Gasteiger partial charge in [-0.2, -0.15) is 0 Å². The molecule has 0 aromatic carbocycles. The van der Waals surface area contributed by atoms with Crippen LogP contribution in [0, 0.1) is 17.3 Å². The highest BCUT2D eigenvalue weighted by atomic mass is 17.0. The highest BCUT2D eigenvalue weighted by molar-refractivity contribution is 5.77. The van der Waals surface area contributed by atoms with Gasteiger partial charge in [-0.3, -0.25) is 4.79 Å². The lowest BCUT2D eigenvalue weighted by atomic mass is 9.75. The number of rotatable bonds is 3. The third-order valence-corrected chi connectivity index (χ3v) is 6.00. The Kier molecular flexibility index (Phi) is 2.60. The average Bonchev–Trinajstić information content (AvgIpc) is 3.23. The van der Waals surface area contributed by atoms with Gasteiger partial charge in [-0.05, 0) is 31.6 Å². The Balaban J connectivity index is 1.33. The van der Waals surface area contributed by atoms with Crippen LogP contribution in [-0.4, -0.2) is 24.2 Å². The van der Waals surface area contributed by atoms with E-state index in [-0.39, 0.29) is 11.8 Å². The zero-order valence-electron chi connectivity index (χ0n) is 12.4. The number of ether oxygens (including phenoxy) is 3. The lowest BCUT2D eigenvalue weighted by Crippen LogP contribution is -2.36. The number of epoxide rings is 2. The normalized spacial score (nSPS) is 52.7. The number of carbonyl (C=O) groups excluding carboxylic acids is 1. The van der Waals surface area contributed by atoms with Crippen molar-refractivity contribution in [2.45, 2.75) is 70.4 Å². The van der Waals surface area contributed by atoms with E-state index in [9.17, 15) is 4.79 Å². The molecule has 3 unspecified atom stereocenters. The molecular weight excluding hydrogens is 256 g/mol. The second-order valence-corrected chi connectivity index (χ2v) is 7.57. The van der Waals surface area contributed by atoms with E-state index in [0.29, 0.717) is 24.9 Å². The van der Waals surface area contributed by atoms with E-state index >= 15 is 0 Å². The van der Waals surface area contributed by atoms with Crippen LogP contribution in [0.5, 0.6) is 0 Å². The molecule has 4 aliphatic rings. The monoisotopic (exact) mass is 280 g/mol. The first kappa shape index (κ1) is 13.1. The van der Waals surface area contributed by atoms with E-state index in [1.165, 1.54) is 25.7 Å². The van der Waals surface area contributed by atoms with Gasteiger partial charge in [0.05, 0.1) is 12.0 Å². The third-order valence-electron chi connectivity index (χ3n) is 6.00. The molecule has 112 valence electrons. The van der Waals surface area contributed by atoms with Gasteiger partial charge in [0.15, 0.2) is 0 Å². The van der Waals surface area contributed by atoms with Crippen LogP contribution in [0.4, 0.5) is 0 Å². The SMILES string of the molecule is CC1CCCCC1COC(=O)C1(C)CCC23OC2(C1)O3. The molecule has 2 heterocycles. The van der Waals surface area contributed by atoms with Crippen molar-refractivity contribution in [2.75, 3.05) is 6.61 Å². The number of hydrogen-bond acceptors (Lipinski definition) is 4. The summed E-state index contributed by atoms with van der Waals surface area (Å²) in [6.45, 7) is 4.88. The Bertz CT molecular complexity index is 440. The van der Waals surface area contributed by atoms with Crippen molar-refractivity contribution in [1.82, 2.24) is 0 Å². The molecule has 0 bridgehead atoms. The standard InChI is InChI=1S/C16H24O4/c1-11-5-3-4-6-12(11)9-18-13(17)14(2)7-8-15-16(10-14,19-15)20-15/h11-12H,3-10H2,1-2H3. The number of carbonyl (C=O) groups is 1. The molecule has 0 radical (unpaired) electrons. The van der Waals surface area contributed by atoms with E-state index in [1.807, 2.05) is 6.92 Å². The van der Waals surface area contributed by atoms with Gasteiger partial charge >= 0.3 is 5.97 Å². The van der Waals surface area contributed by atoms with E-state index in [0.717, 1.165) is 12.8 Å². The van der Waals surface area contributed by atoms with Crippen LogP contribution >= 0.6 is 0 Å². The molecule has 4 nitrogen and oxygen atoms in total. The first-order valence-corrected chi connectivity index (χ1v) is 8.06. The van der Waals surface area contributed by atoms with E-state index < -0.39 is 11.2 Å². The van der Waals surface area contributed by atoms with Gasteiger partial charge in [0.25, 0.3) is 0 Å². The molecule has 0 spiro atoms. The third kappa shape index (κ3) is 1.77. The van der Waals surface area contributed by atoms with Gasteiger partial charge in [0.1, 0.15) is 0 Å². The van der Waals surface area contributed by atoms with E-state index in [4.69, 9.17) is 14.2 Å². The summed E-state index contributed by atoms with van der Waals surface area (Å²) in [6, 6.07) is 0. The topological polar surface area (TPSA) is 51.4 Å². The molecule has 20 heavy (non-hydrogen) atoms. The molecule has 2 aliphatic heterocycles. The molecule has 2 saturated carbocycles. The molecule has 0 N–H and O–H groups in total. The smallest absolute Gasteiger partial charge is 0.312 e. The fraction of sp³-hybridized carbons (Fsp3) is 0.938. The van der Waals surface area contributed by atoms with Gasteiger partial charge in [0, 0.05) is 12.8 Å². The van der Waals surface area contributed by atoms with Crippen molar-refractivity contribution in [2.24, 2.45) is 17.3 Å². The minimum atomic E-state index is -0.422. The summed E-state index contributed by atoms with van der Waals surface area (Å²) in [5, 5.41) is 0. The summed E-state index contributed by atoms with van der Waals surface area (Å²) in [4.78, 5) is 12.5. The fourth-order valence-electron chi connectivity index (χ4n) is 4.20. The molecule has 4 fully saturated rings. The Labute approximate surface area is 120 Å². The Morgan fingerprint density at radius 1 is 1.20 bits per heavy atom. The molecule has 0 amide bonds. The lowest BCUT2D eigenvalue weighted by molar-refractivity contribution is -0.160. The van der Waals surface area contributed by atoms with Crippen LogP contribution in [0.1, 0.15) is 58.8 Å². The van der Waals surface area contributed by atoms with Crippen LogP contribution in [-0.2, 0) is 19.0 Å². The Morgan fingerprint density at radius 3 is 2.65 bits per heavy atom. The van der Waals surface area contributed by atoms with Gasteiger partial charge in [0.2, 0.25) is 11.6 Å². The van der Waals surface area contributed by atoms with Gasteiger partial charge in [-0.25, -0.2) is 0 Å². The summed E-state index contributed by atoms with van der Waals surface area (Å²) < 4.78 is 16.8. The van der Waals surface area contributed by atoms with Crippen molar-refractivity contribution in [1.29, 1.82) is 0 Å². The van der Waals surface area contributed by atoms with Crippen molar-refractivity contribution < 1.29 is 19.0 Å². The molecule has 3 atom stereocenters. The van der Waals surface area contributed by atoms with Crippen LogP contribution in [0.3, 0.4) is 0 Å². The minimum absolute atomic E-state index is 0.0516. The Morgan fingerprint density at radius 2 is 1.95 bits per heavy atom. The maximum absolute atomic E-state index is 12.5. The van der Waals surface area contributed by atoms with Crippen LogP contribution < -0.4 is 0 Å². The predicted molar refractivity (Wildman–Crippen MR) is 71.7 cm³/mol. The maximum atomic E-state index is 12.5. The minimum Gasteiger partial charge on any atom is -0.465 e. The van der Waals surface area contributed by atoms with Crippen LogP contribution in [0.25, 0.3) is 0 Å². The van der Waals surface area contributed by atoms with E-state index in [1.54, 1.807) is 0 Å². The highest BCUT2D eigenvalue weighted by Gasteiger charge is 2.93. The van der Waals surface area contributed by atoms with Crippen molar-refractivity contribution in [3.8, 4) is 0 Å². The molecule has 4 heteroatoms. The van der Waals surface area contributed by atoms with Crippen molar-refractivity contribution in [3.63, 3.8) is 0 Å². The number of esters is 1. The highest BCUT2D eigenvalue weighted by Crippen LogP contribution is 2.76. The van der Waals surface area contributed by atoms with Crippen molar-refractivity contribution >= 4 is 5.97 Å².